The van der Waals surface area contributed by atoms with E-state index >= 15 is 4.79 Å². The lowest BCUT2D eigenvalue weighted by Crippen LogP contribution is -2.59. The largest absolute Gasteiger partial charge is 0.488 e. The molecule has 2 aliphatic carbocycles. The van der Waals surface area contributed by atoms with Crippen LogP contribution < -0.4 is 20.1 Å². The maximum atomic E-state index is 15.0. The lowest BCUT2D eigenvalue weighted by Gasteiger charge is -2.35. The van der Waals surface area contributed by atoms with Crippen molar-refractivity contribution in [2.75, 3.05) is 6.54 Å². The van der Waals surface area contributed by atoms with Crippen molar-refractivity contribution in [1.29, 1.82) is 0 Å². The Morgan fingerprint density at radius 1 is 1.02 bits per heavy atom. The van der Waals surface area contributed by atoms with Crippen LogP contribution in [0.5, 0.6) is 5.75 Å². The quantitative estimate of drug-likeness (QED) is 0.135. The van der Waals surface area contributed by atoms with Crippen LogP contribution >= 0.6 is 11.3 Å². The molecule has 14 nitrogen and oxygen atoms in total. The van der Waals surface area contributed by atoms with Gasteiger partial charge in [-0.05, 0) is 76.3 Å². The minimum absolute atomic E-state index is 0.0452. The number of carbonyl (C=O) groups is 4. The molecule has 358 valence electrons. The first-order valence-corrected chi connectivity index (χ1v) is 24.0. The van der Waals surface area contributed by atoms with Crippen molar-refractivity contribution in [1.82, 2.24) is 30.2 Å². The van der Waals surface area contributed by atoms with Crippen LogP contribution in [0.4, 0.5) is 31.1 Å². The second-order valence-electron chi connectivity index (χ2n) is 17.9. The maximum absolute atomic E-state index is 15.0. The van der Waals surface area contributed by atoms with Crippen LogP contribution in [0.2, 0.25) is 0 Å². The van der Waals surface area contributed by atoms with Crippen LogP contribution in [-0.4, -0.2) is 94.4 Å². The van der Waals surface area contributed by atoms with Gasteiger partial charge >= 0.3 is 18.4 Å². The van der Waals surface area contributed by atoms with Gasteiger partial charge in [0, 0.05) is 41.6 Å². The molecular formula is C44H50F6N6O8S2. The molecule has 4 aliphatic rings. The van der Waals surface area contributed by atoms with E-state index in [0.717, 1.165) is 17.0 Å². The Morgan fingerprint density at radius 2 is 1.71 bits per heavy atom. The number of hydrogen-bond donors (Lipinski definition) is 3. The fraction of sp³-hybridized carbons (Fsp3) is 0.545. The molecule has 0 radical (unpaired) electrons. The van der Waals surface area contributed by atoms with Gasteiger partial charge in [0.05, 0.1) is 23.1 Å². The van der Waals surface area contributed by atoms with E-state index in [1.165, 1.54) is 41.8 Å². The first kappa shape index (κ1) is 48.7. The average molecular weight is 969 g/mol. The lowest BCUT2D eigenvalue weighted by molar-refractivity contribution is -0.244. The SMILES string of the molecule is CC[C@@H]1C[C@H](C)CC/C=C\[C@@H]2C[C@@]2(C(=O)NS(=O)(=O)C2CC2)NC(=O)[C@@H]2C[C@@H](Oc3cc(-c4ccc(C(F)(F)F)cc4)nc(-c4nccs4)c3)CN2C(=O)[C@H]1NC(=O)OC(C)(C)C(F)(F)F. The molecule has 3 aromatic rings. The number of benzene rings is 1. The number of sulfonamides is 1. The number of hydrogen-bond acceptors (Lipinski definition) is 11. The normalized spacial score (nSPS) is 27.0. The third-order valence-corrected chi connectivity index (χ3v) is 15.2. The van der Waals surface area contributed by atoms with Gasteiger partial charge in [-0.15, -0.1) is 11.3 Å². The number of pyridine rings is 1. The number of ether oxygens (including phenoxy) is 2. The summed E-state index contributed by atoms with van der Waals surface area (Å²) in [6.45, 7) is 4.67. The van der Waals surface area contributed by atoms with E-state index in [1.807, 2.05) is 13.0 Å². The molecule has 22 heteroatoms. The molecule has 2 aromatic heterocycles. The van der Waals surface area contributed by atoms with E-state index in [-0.39, 0.29) is 43.2 Å². The standard InChI is InChI=1S/C44H50F6N6O8S2/c1-5-25-18-24(2)8-6-7-9-28-22-42(28,39(59)55-66(61,62)31-14-15-31)54-36(57)34-21-30(23-56(34)38(58)35(25)53-40(60)64-41(3,4)44(48,49)50)63-29-19-32(52-33(20-29)37-51-16-17-65-37)26-10-12-27(13-11-26)43(45,46)47/h7,9-13,16-17,19-20,24-25,28,30-31,34-35H,5-6,8,14-15,18,21-23H2,1-4H3,(H,53,60)(H,54,57)(H,55,59)/b9-7-/t24-,25-,28-,30-,34+,35+,42-/m1/s1. The number of allylic oxidation sites excluding steroid dienone is 1. The molecule has 1 aromatic carbocycles. The number of carbonyl (C=O) groups excluding carboxylic acids is 4. The van der Waals surface area contributed by atoms with Gasteiger partial charge in [0.25, 0.3) is 5.91 Å². The predicted octanol–water partition coefficient (Wildman–Crippen LogP) is 7.56. The van der Waals surface area contributed by atoms with Crippen molar-refractivity contribution in [3.63, 3.8) is 0 Å². The summed E-state index contributed by atoms with van der Waals surface area (Å²) in [5.41, 5.74) is -4.73. The summed E-state index contributed by atoms with van der Waals surface area (Å²) < 4.78 is 121. The van der Waals surface area contributed by atoms with E-state index in [2.05, 4.69) is 25.3 Å². The highest BCUT2D eigenvalue weighted by atomic mass is 32.2. The van der Waals surface area contributed by atoms with Crippen LogP contribution in [0.15, 0.2) is 60.1 Å². The number of nitrogens with zero attached hydrogens (tertiary/aromatic N) is 3. The smallest absolute Gasteiger partial charge is 0.427 e. The topological polar surface area (TPSA) is 186 Å². The van der Waals surface area contributed by atoms with Gasteiger partial charge in [-0.2, -0.15) is 26.3 Å². The number of aromatic nitrogens is 2. The van der Waals surface area contributed by atoms with Gasteiger partial charge < -0.3 is 25.0 Å². The summed E-state index contributed by atoms with van der Waals surface area (Å²) in [7, 11) is -4.05. The molecule has 7 rings (SSSR count). The number of halogens is 6. The third kappa shape index (κ3) is 10.8. The molecule has 2 saturated carbocycles. The Balaban J connectivity index is 1.26. The second kappa shape index (κ2) is 18.4. The summed E-state index contributed by atoms with van der Waals surface area (Å²) in [5.74, 6) is -3.89. The van der Waals surface area contributed by atoms with E-state index in [4.69, 9.17) is 9.47 Å². The minimum atomic E-state index is -4.97. The molecule has 1 saturated heterocycles. The molecule has 2 aliphatic heterocycles. The zero-order valence-electron chi connectivity index (χ0n) is 36.4. The molecule has 66 heavy (non-hydrogen) atoms. The molecule has 0 bridgehead atoms. The summed E-state index contributed by atoms with van der Waals surface area (Å²) >= 11 is 1.23. The number of rotatable bonds is 10. The number of thiazole rings is 1. The Labute approximate surface area is 381 Å². The van der Waals surface area contributed by atoms with Crippen molar-refractivity contribution in [3.05, 3.63) is 65.7 Å². The first-order chi connectivity index (χ1) is 30.9. The summed E-state index contributed by atoms with van der Waals surface area (Å²) in [4.78, 5) is 67.0. The number of fused-ring (bicyclic) bond motifs is 2. The molecule has 3 fully saturated rings. The van der Waals surface area contributed by atoms with Crippen molar-refractivity contribution < 1.29 is 63.4 Å². The summed E-state index contributed by atoms with van der Waals surface area (Å²) in [5, 5.41) is 6.53. The highest BCUT2D eigenvalue weighted by molar-refractivity contribution is 7.91. The van der Waals surface area contributed by atoms with Crippen LogP contribution in [0.25, 0.3) is 22.0 Å². The molecule has 7 atom stereocenters. The fourth-order valence-electron chi connectivity index (χ4n) is 8.37. The molecular weight excluding hydrogens is 919 g/mol. The van der Waals surface area contributed by atoms with Crippen LogP contribution in [0, 0.1) is 17.8 Å². The van der Waals surface area contributed by atoms with Crippen LogP contribution in [0.3, 0.4) is 0 Å². The van der Waals surface area contributed by atoms with E-state index in [9.17, 15) is 49.1 Å². The third-order valence-electron chi connectivity index (χ3n) is 12.5. The molecule has 4 heterocycles. The van der Waals surface area contributed by atoms with Crippen molar-refractivity contribution in [2.45, 2.75) is 126 Å². The Bertz CT molecular complexity index is 2450. The zero-order valence-corrected chi connectivity index (χ0v) is 38.0. The average Bonchev–Trinajstić information content (AvgIpc) is 4.10. The zero-order chi connectivity index (χ0) is 48.0. The monoisotopic (exact) mass is 968 g/mol. The van der Waals surface area contributed by atoms with Gasteiger partial charge in [0.2, 0.25) is 27.4 Å². The van der Waals surface area contributed by atoms with Crippen molar-refractivity contribution in [3.8, 4) is 27.7 Å². The van der Waals surface area contributed by atoms with Gasteiger partial charge in [0.15, 0.2) is 0 Å². The highest BCUT2D eigenvalue weighted by Gasteiger charge is 2.62. The Hall–Kier alpha value is -5.25. The molecule has 4 amide bonds. The Kier molecular flexibility index (Phi) is 13.6. The van der Waals surface area contributed by atoms with E-state index in [0.29, 0.717) is 62.2 Å². The van der Waals surface area contributed by atoms with Crippen LogP contribution in [0.1, 0.15) is 84.6 Å². The molecule has 3 N–H and O–H groups in total. The number of nitrogens with one attached hydrogen (secondary N) is 3. The fourth-order valence-corrected chi connectivity index (χ4v) is 10.3. The van der Waals surface area contributed by atoms with Crippen molar-refractivity contribution >= 4 is 45.2 Å². The number of amides is 4. The van der Waals surface area contributed by atoms with E-state index in [1.54, 1.807) is 18.4 Å². The highest BCUT2D eigenvalue weighted by Crippen LogP contribution is 2.46. The van der Waals surface area contributed by atoms with Crippen LogP contribution in [-0.2, 0) is 35.3 Å². The van der Waals surface area contributed by atoms with Gasteiger partial charge in [-0.25, -0.2) is 23.2 Å². The first-order valence-electron chi connectivity index (χ1n) is 21.6. The van der Waals surface area contributed by atoms with Gasteiger partial charge in [-0.3, -0.25) is 19.1 Å². The molecule has 0 spiro atoms. The summed E-state index contributed by atoms with van der Waals surface area (Å²) in [6, 6.07) is 4.36. The van der Waals surface area contributed by atoms with Gasteiger partial charge in [0.1, 0.15) is 40.2 Å². The van der Waals surface area contributed by atoms with E-state index < -0.39 is 98.2 Å². The minimum Gasteiger partial charge on any atom is -0.488 e. The molecule has 0 unspecified atom stereocenters. The Morgan fingerprint density at radius 3 is 2.33 bits per heavy atom. The number of alkyl halides is 6. The van der Waals surface area contributed by atoms with Crippen molar-refractivity contribution in [2.24, 2.45) is 17.8 Å². The maximum Gasteiger partial charge on any atom is 0.427 e. The predicted molar refractivity (Wildman–Crippen MR) is 229 cm³/mol. The second-order valence-corrected chi connectivity index (χ2v) is 20.8. The van der Waals surface area contributed by atoms with Gasteiger partial charge in [-0.1, -0.05) is 44.6 Å². The number of alkyl carbamates (subject to hydrolysis) is 1. The summed E-state index contributed by atoms with van der Waals surface area (Å²) in [6.07, 6.45) is -4.77. The lowest BCUT2D eigenvalue weighted by atomic mass is 9.85.